The van der Waals surface area contributed by atoms with Crippen molar-refractivity contribution in [1.29, 1.82) is 0 Å². The first-order valence-electron chi connectivity index (χ1n) is 11.0. The van der Waals surface area contributed by atoms with Crippen molar-refractivity contribution in [2.45, 2.75) is 70.8 Å². The molecular formula is C23H35N3OS. The van der Waals surface area contributed by atoms with Gasteiger partial charge in [0, 0.05) is 24.7 Å². The minimum atomic E-state index is 0.137. The molecule has 2 fully saturated rings. The number of hydrogen-bond acceptors (Lipinski definition) is 3. The first kappa shape index (κ1) is 21.3. The average Bonchev–Trinajstić information content (AvgIpc) is 2.73. The minimum absolute atomic E-state index is 0.137. The van der Waals surface area contributed by atoms with E-state index in [0.717, 1.165) is 29.9 Å². The van der Waals surface area contributed by atoms with Crippen LogP contribution in [0.3, 0.4) is 0 Å². The summed E-state index contributed by atoms with van der Waals surface area (Å²) in [6.07, 6.45) is 10.8. The third kappa shape index (κ3) is 5.12. The van der Waals surface area contributed by atoms with Gasteiger partial charge in [0.25, 0.3) is 0 Å². The van der Waals surface area contributed by atoms with E-state index in [1.165, 1.54) is 38.5 Å². The van der Waals surface area contributed by atoms with Crippen LogP contribution in [0.15, 0.2) is 30.3 Å². The Hall–Kier alpha value is -1.46. The Kier molecular flexibility index (Phi) is 7.86. The van der Waals surface area contributed by atoms with Crippen LogP contribution < -0.4 is 10.3 Å². The lowest BCUT2D eigenvalue weighted by Crippen LogP contribution is -2.52. The van der Waals surface area contributed by atoms with Crippen LogP contribution in [0.5, 0.6) is 0 Å². The van der Waals surface area contributed by atoms with Gasteiger partial charge in [0.15, 0.2) is 0 Å². The van der Waals surface area contributed by atoms with Crippen molar-refractivity contribution in [1.82, 2.24) is 10.4 Å². The molecule has 0 aliphatic heterocycles. The fraction of sp³-hybridized carbons (Fsp3) is 0.652. The van der Waals surface area contributed by atoms with Gasteiger partial charge in [0.05, 0.1) is 4.99 Å². The molecule has 0 aromatic heterocycles. The molecule has 2 aliphatic carbocycles. The van der Waals surface area contributed by atoms with E-state index < -0.39 is 0 Å². The quantitative estimate of drug-likeness (QED) is 0.541. The summed E-state index contributed by atoms with van der Waals surface area (Å²) < 4.78 is 0. The molecule has 0 spiro atoms. The topological polar surface area (TPSA) is 35.6 Å². The van der Waals surface area contributed by atoms with E-state index in [1.807, 2.05) is 35.2 Å². The molecule has 154 valence electrons. The molecular weight excluding hydrogens is 366 g/mol. The number of hydrogen-bond donors (Lipinski definition) is 1. The summed E-state index contributed by atoms with van der Waals surface area (Å²) in [5.74, 6) is 1.12. The van der Waals surface area contributed by atoms with Gasteiger partial charge in [-0.15, -0.1) is 0 Å². The van der Waals surface area contributed by atoms with E-state index >= 15 is 0 Å². The summed E-state index contributed by atoms with van der Waals surface area (Å²) in [5.41, 5.74) is 4.21. The van der Waals surface area contributed by atoms with Crippen molar-refractivity contribution in [3.8, 4) is 0 Å². The van der Waals surface area contributed by atoms with E-state index in [2.05, 4.69) is 24.5 Å². The molecule has 2 aliphatic rings. The molecule has 2 atom stereocenters. The number of hydrazine groups is 1. The van der Waals surface area contributed by atoms with Gasteiger partial charge in [-0.05, 0) is 37.3 Å². The molecule has 0 saturated heterocycles. The predicted molar refractivity (Wildman–Crippen MR) is 120 cm³/mol. The van der Waals surface area contributed by atoms with Gasteiger partial charge < -0.3 is 4.90 Å². The molecule has 4 nitrogen and oxygen atoms in total. The highest BCUT2D eigenvalue weighted by Gasteiger charge is 2.32. The van der Waals surface area contributed by atoms with Crippen molar-refractivity contribution in [3.63, 3.8) is 0 Å². The van der Waals surface area contributed by atoms with Crippen molar-refractivity contribution in [2.24, 2.45) is 11.8 Å². The standard InChI is InChI=1S/C23H35N3OS/c1-18-11-9-10-16-21(18)23(28)25(24-2)17-22(27)26(19-12-5-3-6-13-19)20-14-7-4-8-15-20/h3,5-6,12-13,18,20-21,24H,4,7-11,14-17H2,1-2H3. The highest BCUT2D eigenvalue weighted by atomic mass is 32.1. The molecule has 1 aromatic carbocycles. The molecule has 3 rings (SSSR count). The average molecular weight is 402 g/mol. The number of rotatable bonds is 6. The third-order valence-electron chi connectivity index (χ3n) is 6.50. The molecule has 0 radical (unpaired) electrons. The van der Waals surface area contributed by atoms with E-state index in [0.29, 0.717) is 24.4 Å². The van der Waals surface area contributed by atoms with Crippen LogP contribution in [-0.2, 0) is 4.79 Å². The number of anilines is 1. The minimum Gasteiger partial charge on any atom is -0.308 e. The monoisotopic (exact) mass is 401 g/mol. The summed E-state index contributed by atoms with van der Waals surface area (Å²) in [4.78, 5) is 16.4. The van der Waals surface area contributed by atoms with Crippen LogP contribution >= 0.6 is 12.2 Å². The first-order chi connectivity index (χ1) is 13.6. The number of nitrogens with one attached hydrogen (secondary N) is 1. The van der Waals surface area contributed by atoms with Gasteiger partial charge in [-0.2, -0.15) is 0 Å². The molecule has 0 bridgehead atoms. The van der Waals surface area contributed by atoms with E-state index in [1.54, 1.807) is 0 Å². The molecule has 28 heavy (non-hydrogen) atoms. The number of para-hydroxylation sites is 1. The number of benzene rings is 1. The van der Waals surface area contributed by atoms with E-state index in [4.69, 9.17) is 12.2 Å². The fourth-order valence-corrected chi connectivity index (χ4v) is 5.35. The second-order valence-electron chi connectivity index (χ2n) is 8.41. The third-order valence-corrected chi connectivity index (χ3v) is 7.02. The first-order valence-corrected chi connectivity index (χ1v) is 11.4. The SMILES string of the molecule is CNN(CC(=O)N(c1ccccc1)C1CCCCC1)C(=S)C1CCCCC1C. The second kappa shape index (κ2) is 10.4. The summed E-state index contributed by atoms with van der Waals surface area (Å²) in [6.45, 7) is 2.59. The van der Waals surface area contributed by atoms with Gasteiger partial charge in [-0.3, -0.25) is 9.80 Å². The highest BCUT2D eigenvalue weighted by molar-refractivity contribution is 7.80. The number of thiocarbonyl (C=S) groups is 1. The summed E-state index contributed by atoms with van der Waals surface area (Å²) in [5, 5.41) is 1.92. The van der Waals surface area contributed by atoms with Crippen LogP contribution in [0.1, 0.15) is 64.7 Å². The van der Waals surface area contributed by atoms with E-state index in [-0.39, 0.29) is 5.91 Å². The molecule has 5 heteroatoms. The van der Waals surface area contributed by atoms with Gasteiger partial charge in [0.1, 0.15) is 6.54 Å². The van der Waals surface area contributed by atoms with Gasteiger partial charge >= 0.3 is 0 Å². The van der Waals surface area contributed by atoms with Crippen LogP contribution in [-0.4, -0.2) is 35.5 Å². The largest absolute Gasteiger partial charge is 0.308 e. The maximum absolute atomic E-state index is 13.5. The van der Waals surface area contributed by atoms with Crippen molar-refractivity contribution < 1.29 is 4.79 Å². The van der Waals surface area contributed by atoms with Crippen molar-refractivity contribution in [3.05, 3.63) is 30.3 Å². The van der Waals surface area contributed by atoms with Crippen LogP contribution in [0.4, 0.5) is 5.69 Å². The Morgan fingerprint density at radius 3 is 2.32 bits per heavy atom. The van der Waals surface area contributed by atoms with Gasteiger partial charge in [-0.25, -0.2) is 5.43 Å². The molecule has 0 heterocycles. The van der Waals surface area contributed by atoms with Crippen LogP contribution in [0.25, 0.3) is 0 Å². The lowest BCUT2D eigenvalue weighted by molar-refractivity contribution is -0.120. The second-order valence-corrected chi connectivity index (χ2v) is 8.83. The number of carbonyl (C=O) groups excluding carboxylic acids is 1. The normalized spacial score (nSPS) is 23.2. The van der Waals surface area contributed by atoms with Crippen LogP contribution in [0.2, 0.25) is 0 Å². The maximum atomic E-state index is 13.5. The zero-order chi connectivity index (χ0) is 19.9. The molecule has 2 unspecified atom stereocenters. The van der Waals surface area contributed by atoms with Crippen LogP contribution in [0, 0.1) is 11.8 Å². The Morgan fingerprint density at radius 2 is 1.68 bits per heavy atom. The maximum Gasteiger partial charge on any atom is 0.248 e. The van der Waals surface area contributed by atoms with Crippen molar-refractivity contribution in [2.75, 3.05) is 18.5 Å². The zero-order valence-electron chi connectivity index (χ0n) is 17.4. The van der Waals surface area contributed by atoms with E-state index in [9.17, 15) is 4.79 Å². The molecule has 2 saturated carbocycles. The summed E-state index contributed by atoms with van der Waals surface area (Å²) in [6, 6.07) is 10.4. The lowest BCUT2D eigenvalue weighted by Gasteiger charge is -2.38. The summed E-state index contributed by atoms with van der Waals surface area (Å²) in [7, 11) is 1.88. The fourth-order valence-electron chi connectivity index (χ4n) is 4.85. The smallest absolute Gasteiger partial charge is 0.248 e. The number of amides is 1. The summed E-state index contributed by atoms with van der Waals surface area (Å²) >= 11 is 5.84. The number of carbonyl (C=O) groups is 1. The van der Waals surface area contributed by atoms with Crippen molar-refractivity contribution >= 4 is 28.8 Å². The molecule has 1 aromatic rings. The number of nitrogens with zero attached hydrogens (tertiary/aromatic N) is 2. The Bertz CT molecular complexity index is 645. The van der Waals surface area contributed by atoms with Gasteiger partial charge in [0.2, 0.25) is 5.91 Å². The lowest BCUT2D eigenvalue weighted by atomic mass is 9.80. The molecule has 1 amide bonds. The predicted octanol–water partition coefficient (Wildman–Crippen LogP) is 4.94. The van der Waals surface area contributed by atoms with Gasteiger partial charge in [-0.1, -0.05) is 75.9 Å². The highest BCUT2D eigenvalue weighted by Crippen LogP contribution is 2.32. The Balaban J connectivity index is 1.74. The Labute approximate surface area is 175 Å². The Morgan fingerprint density at radius 1 is 1.04 bits per heavy atom. The zero-order valence-corrected chi connectivity index (χ0v) is 18.2. The molecule has 1 N–H and O–H groups in total.